The van der Waals surface area contributed by atoms with Crippen molar-refractivity contribution < 1.29 is 0 Å². The van der Waals surface area contributed by atoms with Gasteiger partial charge in [-0.1, -0.05) is 11.6 Å². The van der Waals surface area contributed by atoms with E-state index in [2.05, 4.69) is 24.9 Å². The molecule has 0 N–H and O–H groups in total. The molecule has 3 heterocycles. The molecular weight excluding hydrogens is 250 g/mol. The Hall–Kier alpha value is -1.49. The fraction of sp³-hybridized carbons (Fsp3) is 0.500. The van der Waals surface area contributed by atoms with Crippen LogP contribution in [0.4, 0.5) is 5.82 Å². The summed E-state index contributed by atoms with van der Waals surface area (Å²) in [7, 11) is 0. The van der Waals surface area contributed by atoms with Crippen molar-refractivity contribution in [3.8, 4) is 0 Å². The Morgan fingerprint density at radius 2 is 2.28 bits per heavy atom. The first-order chi connectivity index (χ1) is 8.72. The molecule has 18 heavy (non-hydrogen) atoms. The molecule has 1 aromatic rings. The minimum atomic E-state index is 0.371. The van der Waals surface area contributed by atoms with Crippen molar-refractivity contribution in [3.05, 3.63) is 17.5 Å². The van der Waals surface area contributed by atoms with Crippen LogP contribution in [0.3, 0.4) is 0 Å². The number of anilines is 1. The first kappa shape index (κ1) is 11.6. The predicted octanol–water partition coefficient (Wildman–Crippen LogP) is 1.83. The third kappa shape index (κ3) is 2.22. The molecule has 1 aromatic heterocycles. The smallest absolute Gasteiger partial charge is 0.134 e. The zero-order valence-electron chi connectivity index (χ0n) is 10.1. The van der Waals surface area contributed by atoms with E-state index < -0.39 is 0 Å². The number of fused-ring (bicyclic) bond motifs is 1. The van der Waals surface area contributed by atoms with Gasteiger partial charge in [0.2, 0.25) is 0 Å². The highest BCUT2D eigenvalue weighted by atomic mass is 35.5. The molecule has 2 aliphatic rings. The number of rotatable bonds is 1. The van der Waals surface area contributed by atoms with Crippen molar-refractivity contribution in [1.82, 2.24) is 9.97 Å². The molecular formula is C12H14ClN5. The molecule has 0 amide bonds. The molecule has 0 bridgehead atoms. The normalized spacial score (nSPS) is 26.8. The molecule has 3 rings (SSSR count). The first-order valence-electron chi connectivity index (χ1n) is 6.03. The number of halogens is 1. The Morgan fingerprint density at radius 3 is 3.11 bits per heavy atom. The predicted molar refractivity (Wildman–Crippen MR) is 72.8 cm³/mol. The molecule has 6 heteroatoms. The van der Waals surface area contributed by atoms with Crippen LogP contribution in [0.2, 0.25) is 5.15 Å². The lowest BCUT2D eigenvalue weighted by Crippen LogP contribution is -2.45. The van der Waals surface area contributed by atoms with E-state index in [1.165, 1.54) is 6.33 Å². The van der Waals surface area contributed by atoms with Crippen LogP contribution in [0.15, 0.2) is 22.4 Å². The van der Waals surface area contributed by atoms with E-state index in [0.29, 0.717) is 17.1 Å². The zero-order valence-corrected chi connectivity index (χ0v) is 10.9. The summed E-state index contributed by atoms with van der Waals surface area (Å²) in [6, 6.07) is 2.17. The highest BCUT2D eigenvalue weighted by molar-refractivity contribution is 6.29. The average molecular weight is 264 g/mol. The van der Waals surface area contributed by atoms with Gasteiger partial charge in [0.1, 0.15) is 23.1 Å². The topological polar surface area (TPSA) is 53.7 Å². The van der Waals surface area contributed by atoms with Gasteiger partial charge in [0, 0.05) is 31.3 Å². The largest absolute Gasteiger partial charge is 0.356 e. The van der Waals surface area contributed by atoms with E-state index in [0.717, 1.165) is 31.2 Å². The molecule has 2 aliphatic heterocycles. The standard InChI is InChI=1S/C12H14ClN5/c1-8-14-5-9-6-18(3-2-10(9)17-8)12-4-11(13)15-7-16-12/h4-5,7,9-10H,2-3,6H2,1H3/t9-,10-/m1/s1. The molecule has 0 spiro atoms. The molecule has 0 radical (unpaired) electrons. The highest BCUT2D eigenvalue weighted by Crippen LogP contribution is 2.25. The maximum Gasteiger partial charge on any atom is 0.134 e. The fourth-order valence-corrected chi connectivity index (χ4v) is 2.60. The molecule has 0 aromatic carbocycles. The van der Waals surface area contributed by atoms with Gasteiger partial charge in [0.15, 0.2) is 0 Å². The van der Waals surface area contributed by atoms with Gasteiger partial charge in [0.05, 0.1) is 6.04 Å². The second-order valence-corrected chi connectivity index (χ2v) is 5.01. The molecule has 0 unspecified atom stereocenters. The molecule has 94 valence electrons. The van der Waals surface area contributed by atoms with E-state index in [4.69, 9.17) is 11.6 Å². The lowest BCUT2D eigenvalue weighted by atomic mass is 9.92. The van der Waals surface area contributed by atoms with Crippen LogP contribution in [0.25, 0.3) is 0 Å². The quantitative estimate of drug-likeness (QED) is 0.727. The second-order valence-electron chi connectivity index (χ2n) is 4.62. The van der Waals surface area contributed by atoms with Crippen LogP contribution in [0.5, 0.6) is 0 Å². The summed E-state index contributed by atoms with van der Waals surface area (Å²) in [6.45, 7) is 3.78. The van der Waals surface area contributed by atoms with Crippen molar-refractivity contribution in [2.24, 2.45) is 15.9 Å². The lowest BCUT2D eigenvalue weighted by molar-refractivity contribution is 0.438. The number of aliphatic imine (C=N–C) groups is 2. The zero-order chi connectivity index (χ0) is 12.5. The Kier molecular flexibility index (Phi) is 2.99. The SMILES string of the molecule is CC1=N[C@@H]2CCN(c3cc(Cl)ncn3)C[C@H]2C=N1. The minimum Gasteiger partial charge on any atom is -0.356 e. The molecule has 1 saturated heterocycles. The Bertz CT molecular complexity index is 513. The van der Waals surface area contributed by atoms with Gasteiger partial charge < -0.3 is 4.90 Å². The van der Waals surface area contributed by atoms with E-state index in [9.17, 15) is 0 Å². The third-order valence-corrected chi connectivity index (χ3v) is 3.58. The summed E-state index contributed by atoms with van der Waals surface area (Å²) in [5.41, 5.74) is 0. The van der Waals surface area contributed by atoms with Gasteiger partial charge in [0.25, 0.3) is 0 Å². The number of aromatic nitrogens is 2. The van der Waals surface area contributed by atoms with Gasteiger partial charge in [-0.3, -0.25) is 4.99 Å². The first-order valence-corrected chi connectivity index (χ1v) is 6.41. The number of amidine groups is 1. The van der Waals surface area contributed by atoms with E-state index in [1.54, 1.807) is 6.07 Å². The monoisotopic (exact) mass is 263 g/mol. The third-order valence-electron chi connectivity index (χ3n) is 3.37. The summed E-state index contributed by atoms with van der Waals surface area (Å²) >= 11 is 5.89. The van der Waals surface area contributed by atoms with Gasteiger partial charge in [-0.15, -0.1) is 0 Å². The number of piperidine rings is 1. The van der Waals surface area contributed by atoms with Crippen molar-refractivity contribution in [3.63, 3.8) is 0 Å². The summed E-state index contributed by atoms with van der Waals surface area (Å²) in [5.74, 6) is 2.14. The van der Waals surface area contributed by atoms with Gasteiger partial charge in [-0.2, -0.15) is 0 Å². The summed E-state index contributed by atoms with van der Waals surface area (Å²) < 4.78 is 0. The second kappa shape index (κ2) is 4.65. The summed E-state index contributed by atoms with van der Waals surface area (Å²) in [4.78, 5) is 19.3. The number of hydrogen-bond donors (Lipinski definition) is 0. The Morgan fingerprint density at radius 1 is 1.39 bits per heavy atom. The Balaban J connectivity index is 1.77. The Labute approximate surface area is 111 Å². The van der Waals surface area contributed by atoms with Crippen LogP contribution in [0.1, 0.15) is 13.3 Å². The molecule has 0 aliphatic carbocycles. The number of hydrogen-bond acceptors (Lipinski definition) is 5. The lowest BCUT2D eigenvalue weighted by Gasteiger charge is -2.37. The molecule has 5 nitrogen and oxygen atoms in total. The van der Waals surface area contributed by atoms with Crippen LogP contribution < -0.4 is 4.90 Å². The van der Waals surface area contributed by atoms with E-state index in [-0.39, 0.29) is 0 Å². The van der Waals surface area contributed by atoms with Gasteiger partial charge in [-0.05, 0) is 13.3 Å². The van der Waals surface area contributed by atoms with Gasteiger partial charge in [-0.25, -0.2) is 15.0 Å². The summed E-state index contributed by atoms with van der Waals surface area (Å²) in [6.07, 6.45) is 4.54. The molecule has 1 fully saturated rings. The number of nitrogens with zero attached hydrogens (tertiary/aromatic N) is 5. The van der Waals surface area contributed by atoms with E-state index >= 15 is 0 Å². The van der Waals surface area contributed by atoms with Crippen molar-refractivity contribution in [1.29, 1.82) is 0 Å². The van der Waals surface area contributed by atoms with Crippen LogP contribution in [-0.4, -0.2) is 41.1 Å². The van der Waals surface area contributed by atoms with Crippen molar-refractivity contribution in [2.75, 3.05) is 18.0 Å². The minimum absolute atomic E-state index is 0.371. The maximum absolute atomic E-state index is 5.89. The van der Waals surface area contributed by atoms with Crippen molar-refractivity contribution in [2.45, 2.75) is 19.4 Å². The van der Waals surface area contributed by atoms with Gasteiger partial charge >= 0.3 is 0 Å². The maximum atomic E-state index is 5.89. The van der Waals surface area contributed by atoms with Crippen molar-refractivity contribution >= 4 is 29.5 Å². The van der Waals surface area contributed by atoms with Crippen LogP contribution >= 0.6 is 11.6 Å². The summed E-state index contributed by atoms with van der Waals surface area (Å²) in [5, 5.41) is 0.480. The molecule has 0 saturated carbocycles. The van der Waals surface area contributed by atoms with Crippen LogP contribution in [0, 0.1) is 5.92 Å². The fourth-order valence-electron chi connectivity index (χ4n) is 2.46. The average Bonchev–Trinajstić information content (AvgIpc) is 2.38. The van der Waals surface area contributed by atoms with Crippen LogP contribution in [-0.2, 0) is 0 Å². The molecule has 2 atom stereocenters. The van der Waals surface area contributed by atoms with E-state index in [1.807, 2.05) is 13.1 Å². The highest BCUT2D eigenvalue weighted by Gasteiger charge is 2.30.